The maximum absolute atomic E-state index is 12.6. The first-order chi connectivity index (χ1) is 10.9. The fourth-order valence-electron chi connectivity index (χ4n) is 2.28. The second kappa shape index (κ2) is 5.72. The minimum atomic E-state index is -4.42. The van der Waals surface area contributed by atoms with Crippen molar-refractivity contribution in [3.63, 3.8) is 0 Å². The van der Waals surface area contributed by atoms with Crippen molar-refractivity contribution in [1.82, 2.24) is 0 Å². The molecule has 0 amide bonds. The summed E-state index contributed by atoms with van der Waals surface area (Å²) >= 11 is 0. The Bertz CT molecular complexity index is 880. The van der Waals surface area contributed by atoms with Gasteiger partial charge in [0.05, 0.1) is 16.6 Å². The maximum Gasteiger partial charge on any atom is 0.416 e. The summed E-state index contributed by atoms with van der Waals surface area (Å²) in [6.07, 6.45) is -4.42. The minimum absolute atomic E-state index is 0.0347. The zero-order valence-electron chi connectivity index (χ0n) is 11.9. The number of nitrogens with zero attached hydrogens (tertiary/aromatic N) is 1. The van der Waals surface area contributed by atoms with Crippen LogP contribution in [0.5, 0.6) is 0 Å². The molecule has 3 N–H and O–H groups in total. The number of benzene rings is 3. The third kappa shape index (κ3) is 3.15. The molecule has 3 aromatic rings. The van der Waals surface area contributed by atoms with E-state index in [0.717, 1.165) is 28.6 Å². The molecule has 0 radical (unpaired) electrons. The number of nitrogen functional groups attached to an aromatic ring is 1. The van der Waals surface area contributed by atoms with Crippen LogP contribution < -0.4 is 10.8 Å². The van der Waals surface area contributed by atoms with Crippen molar-refractivity contribution in [2.45, 2.75) is 6.18 Å². The van der Waals surface area contributed by atoms with Crippen molar-refractivity contribution in [2.75, 3.05) is 5.73 Å². The lowest BCUT2D eigenvalue weighted by Gasteiger charge is -2.07. The number of hydrogen-bond acceptors (Lipinski definition) is 2. The second-order valence-electron chi connectivity index (χ2n) is 5.02. The van der Waals surface area contributed by atoms with Gasteiger partial charge in [-0.2, -0.15) is 13.2 Å². The molecule has 0 aliphatic rings. The molecule has 0 aromatic heterocycles. The molecule has 0 aliphatic heterocycles. The predicted molar refractivity (Wildman–Crippen MR) is 82.5 cm³/mol. The summed E-state index contributed by atoms with van der Waals surface area (Å²) in [6, 6.07) is 16.5. The molecule has 0 saturated heterocycles. The summed E-state index contributed by atoms with van der Waals surface area (Å²) in [5.74, 6) is 0. The number of azo groups is 1. The Labute approximate surface area is 130 Å². The predicted octanol–water partition coefficient (Wildman–Crippen LogP) is 3.94. The van der Waals surface area contributed by atoms with Crippen LogP contribution in [0.3, 0.4) is 0 Å². The van der Waals surface area contributed by atoms with Gasteiger partial charge >= 0.3 is 6.18 Å². The summed E-state index contributed by atoms with van der Waals surface area (Å²) in [5.41, 5.74) is 5.84. The van der Waals surface area contributed by atoms with Crippen LogP contribution in [0.4, 0.5) is 30.2 Å². The van der Waals surface area contributed by atoms with Crippen LogP contribution in [-0.2, 0) is 6.18 Å². The van der Waals surface area contributed by atoms with E-state index >= 15 is 0 Å². The highest BCUT2D eigenvalue weighted by atomic mass is 19.4. The third-order valence-corrected chi connectivity index (χ3v) is 3.44. The van der Waals surface area contributed by atoms with Crippen molar-refractivity contribution in [3.05, 3.63) is 66.2 Å². The molecular weight excluding hydrogens is 303 g/mol. The Balaban J connectivity index is 1.96. The molecule has 0 spiro atoms. The molecular formula is C17H13F3N3+. The van der Waals surface area contributed by atoms with E-state index in [4.69, 9.17) is 5.73 Å². The standard InChI is InChI=1S/C17H12F3N3/c18-17(19,20)12-8-9-16(14(21)10-12)23-22-15-7-3-5-11-4-1-2-6-13(11)15/h1-10H,21H2/p+1. The Kier molecular flexibility index (Phi) is 3.73. The van der Waals surface area contributed by atoms with Crippen LogP contribution >= 0.6 is 0 Å². The topological polar surface area (TPSA) is 52.3 Å². The zero-order chi connectivity index (χ0) is 16.4. The second-order valence-corrected chi connectivity index (χ2v) is 5.02. The van der Waals surface area contributed by atoms with Crippen molar-refractivity contribution in [3.8, 4) is 0 Å². The number of anilines is 1. The average Bonchev–Trinajstić information content (AvgIpc) is 2.53. The summed E-state index contributed by atoms with van der Waals surface area (Å²) < 4.78 is 37.9. The van der Waals surface area contributed by atoms with E-state index < -0.39 is 11.7 Å². The fraction of sp³-hybridized carbons (Fsp3) is 0.0588. The van der Waals surface area contributed by atoms with E-state index in [1.54, 1.807) is 0 Å². The molecule has 23 heavy (non-hydrogen) atoms. The first kappa shape index (κ1) is 15.0. The van der Waals surface area contributed by atoms with Gasteiger partial charge in [0, 0.05) is 11.2 Å². The van der Waals surface area contributed by atoms with E-state index in [9.17, 15) is 13.2 Å². The van der Waals surface area contributed by atoms with Gasteiger partial charge in [0.1, 0.15) is 0 Å². The summed E-state index contributed by atoms with van der Waals surface area (Å²) in [5, 5.41) is 8.97. The molecule has 0 atom stereocenters. The van der Waals surface area contributed by atoms with Crippen LogP contribution in [-0.4, -0.2) is 0 Å². The van der Waals surface area contributed by atoms with Crippen LogP contribution in [0.25, 0.3) is 10.8 Å². The first-order valence-corrected chi connectivity index (χ1v) is 6.86. The quantitative estimate of drug-likeness (QED) is 0.546. The smallest absolute Gasteiger partial charge is 0.397 e. The third-order valence-electron chi connectivity index (χ3n) is 3.44. The van der Waals surface area contributed by atoms with Gasteiger partial charge in [0.25, 0.3) is 0 Å². The molecule has 0 heterocycles. The van der Waals surface area contributed by atoms with Gasteiger partial charge in [0.2, 0.25) is 5.69 Å². The number of nitrogens with two attached hydrogens (primary N) is 1. The fourth-order valence-corrected chi connectivity index (χ4v) is 2.28. The lowest BCUT2D eigenvalue weighted by atomic mass is 10.1. The van der Waals surface area contributed by atoms with Gasteiger partial charge in [-0.25, -0.2) is 0 Å². The van der Waals surface area contributed by atoms with Crippen LogP contribution in [0.2, 0.25) is 0 Å². The SMILES string of the molecule is Nc1cc(C(F)(F)F)ccc1N=[NH+]c1cccc2ccccc12. The highest BCUT2D eigenvalue weighted by Crippen LogP contribution is 2.33. The van der Waals surface area contributed by atoms with Crippen molar-refractivity contribution in [1.29, 1.82) is 0 Å². The molecule has 3 aromatic carbocycles. The Morgan fingerprint density at radius 2 is 1.65 bits per heavy atom. The lowest BCUT2D eigenvalue weighted by molar-refractivity contribution is -0.431. The van der Waals surface area contributed by atoms with Gasteiger partial charge in [-0.15, -0.1) is 0 Å². The normalized spacial score (nSPS) is 12.1. The van der Waals surface area contributed by atoms with Gasteiger partial charge in [-0.3, -0.25) is 0 Å². The maximum atomic E-state index is 12.6. The summed E-state index contributed by atoms with van der Waals surface area (Å²) in [6.45, 7) is 0. The van der Waals surface area contributed by atoms with E-state index in [1.165, 1.54) is 6.07 Å². The number of fused-ring (bicyclic) bond motifs is 1. The van der Waals surface area contributed by atoms with E-state index in [2.05, 4.69) is 10.2 Å². The number of nitrogens with one attached hydrogen (secondary N) is 1. The molecule has 0 fully saturated rings. The van der Waals surface area contributed by atoms with Crippen molar-refractivity contribution in [2.24, 2.45) is 5.11 Å². The van der Waals surface area contributed by atoms with Gasteiger partial charge in [-0.1, -0.05) is 35.4 Å². The van der Waals surface area contributed by atoms with E-state index in [1.807, 2.05) is 42.5 Å². The van der Waals surface area contributed by atoms with E-state index in [-0.39, 0.29) is 11.4 Å². The summed E-state index contributed by atoms with van der Waals surface area (Å²) in [7, 11) is 0. The number of alkyl halides is 3. The first-order valence-electron chi connectivity index (χ1n) is 6.86. The Morgan fingerprint density at radius 1 is 0.913 bits per heavy atom. The number of rotatable bonds is 2. The summed E-state index contributed by atoms with van der Waals surface area (Å²) in [4.78, 5) is 0. The molecule has 3 rings (SSSR count). The highest BCUT2D eigenvalue weighted by Gasteiger charge is 2.30. The number of hydrogen-bond donors (Lipinski definition) is 2. The van der Waals surface area contributed by atoms with Gasteiger partial charge < -0.3 is 5.73 Å². The molecule has 0 saturated carbocycles. The van der Waals surface area contributed by atoms with Gasteiger partial charge in [-0.05, 0) is 29.7 Å². The van der Waals surface area contributed by atoms with Crippen LogP contribution in [0, 0.1) is 0 Å². The number of halogens is 3. The molecule has 0 aliphatic carbocycles. The van der Waals surface area contributed by atoms with E-state index in [0.29, 0.717) is 0 Å². The largest absolute Gasteiger partial charge is 0.416 e. The molecule has 0 unspecified atom stereocenters. The minimum Gasteiger partial charge on any atom is -0.397 e. The van der Waals surface area contributed by atoms with Crippen LogP contribution in [0.1, 0.15) is 5.56 Å². The average molecular weight is 316 g/mol. The molecule has 3 nitrogen and oxygen atoms in total. The zero-order valence-corrected chi connectivity index (χ0v) is 11.9. The van der Waals surface area contributed by atoms with Crippen molar-refractivity contribution < 1.29 is 18.3 Å². The molecule has 116 valence electrons. The Morgan fingerprint density at radius 3 is 2.39 bits per heavy atom. The monoisotopic (exact) mass is 316 g/mol. The van der Waals surface area contributed by atoms with Gasteiger partial charge in [0.15, 0.2) is 5.69 Å². The Hall–Kier alpha value is -2.89. The van der Waals surface area contributed by atoms with Crippen molar-refractivity contribution >= 4 is 27.8 Å². The molecule has 0 bridgehead atoms. The lowest BCUT2D eigenvalue weighted by Crippen LogP contribution is -2.57. The molecule has 6 heteroatoms. The highest BCUT2D eigenvalue weighted by molar-refractivity contribution is 5.90. The van der Waals surface area contributed by atoms with Crippen LogP contribution in [0.15, 0.2) is 65.8 Å².